The van der Waals surface area contributed by atoms with Crippen molar-refractivity contribution in [2.24, 2.45) is 0 Å². The van der Waals surface area contributed by atoms with E-state index in [1.165, 1.54) is 22.3 Å². The quantitative estimate of drug-likeness (QED) is 0.239. The van der Waals surface area contributed by atoms with Crippen molar-refractivity contribution in [2.45, 2.75) is 32.2 Å². The molecule has 0 aliphatic carbocycles. The average Bonchev–Trinajstić information content (AvgIpc) is 3.62. The van der Waals surface area contributed by atoms with E-state index in [9.17, 15) is 0 Å². The number of rotatable bonds is 6. The van der Waals surface area contributed by atoms with Crippen LogP contribution in [0.2, 0.25) is 0 Å². The first-order chi connectivity index (χ1) is 19.2. The zero-order chi connectivity index (χ0) is 26.2. The number of anilines is 2. The molecule has 2 aliphatic heterocycles. The third-order valence-electron chi connectivity index (χ3n) is 7.47. The van der Waals surface area contributed by atoms with Crippen LogP contribution >= 0.6 is 0 Å². The van der Waals surface area contributed by atoms with Crippen molar-refractivity contribution in [1.29, 1.82) is 0 Å². The molecule has 2 heterocycles. The van der Waals surface area contributed by atoms with Gasteiger partial charge >= 0.3 is 0 Å². The number of hydrogen-bond donors (Lipinski definition) is 2. The van der Waals surface area contributed by atoms with Crippen molar-refractivity contribution >= 4 is 11.4 Å². The molecule has 39 heavy (non-hydrogen) atoms. The zero-order valence-electron chi connectivity index (χ0n) is 21.9. The summed E-state index contributed by atoms with van der Waals surface area (Å²) >= 11 is 0. The Hall–Kier alpha value is -4.70. The normalized spacial score (nSPS) is 16.8. The smallest absolute Gasteiger partial charge is 0.196 e. The Kier molecular flexibility index (Phi) is 5.93. The van der Waals surface area contributed by atoms with Gasteiger partial charge in [0.1, 0.15) is 11.5 Å². The van der Waals surface area contributed by atoms with E-state index in [1.54, 1.807) is 0 Å². The van der Waals surface area contributed by atoms with Crippen molar-refractivity contribution in [1.82, 2.24) is 0 Å². The summed E-state index contributed by atoms with van der Waals surface area (Å²) in [4.78, 5) is 0. The molecular formula is C35H30N2O2. The third-order valence-corrected chi connectivity index (χ3v) is 7.47. The molecule has 4 nitrogen and oxygen atoms in total. The molecule has 0 saturated heterocycles. The fourth-order valence-electron chi connectivity index (χ4n) is 5.41. The summed E-state index contributed by atoms with van der Waals surface area (Å²) < 4.78 is 12.6. The molecule has 5 aromatic carbocycles. The van der Waals surface area contributed by atoms with Gasteiger partial charge in [-0.25, -0.2) is 0 Å². The van der Waals surface area contributed by atoms with Gasteiger partial charge in [-0.05, 0) is 58.5 Å². The van der Waals surface area contributed by atoms with Gasteiger partial charge in [-0.15, -0.1) is 0 Å². The van der Waals surface area contributed by atoms with E-state index in [4.69, 9.17) is 9.47 Å². The van der Waals surface area contributed by atoms with E-state index in [1.807, 2.05) is 6.07 Å². The Morgan fingerprint density at radius 1 is 0.538 bits per heavy atom. The Bertz CT molecular complexity index is 1630. The van der Waals surface area contributed by atoms with Crippen molar-refractivity contribution in [2.75, 3.05) is 10.6 Å². The third kappa shape index (κ3) is 4.59. The van der Waals surface area contributed by atoms with E-state index < -0.39 is 0 Å². The largest absolute Gasteiger partial charge is 0.464 e. The van der Waals surface area contributed by atoms with Gasteiger partial charge in [0.05, 0.1) is 11.4 Å². The number of ether oxygens (including phenoxy) is 2. The molecule has 192 valence electrons. The standard InChI is InChI=1S/C35H30N2O2/c1-2-7-23-8-6-11-27(20-23)29-17-19-31-33(22-29)39-35(37-31)26-14-12-25(13-15-26)34-36-30-18-16-28(21-32(30)38-34)24-9-4-3-5-10-24/h3-6,8-22,34-37H,2,7H2,1H3. The maximum Gasteiger partial charge on any atom is 0.196 e. The molecule has 7 rings (SSSR count). The Labute approximate surface area is 229 Å². The molecule has 0 amide bonds. The van der Waals surface area contributed by atoms with E-state index in [0.717, 1.165) is 52.4 Å². The molecule has 2 atom stereocenters. The number of nitrogens with one attached hydrogen (secondary N) is 2. The minimum Gasteiger partial charge on any atom is -0.464 e. The van der Waals surface area contributed by atoms with Gasteiger partial charge in [-0.2, -0.15) is 0 Å². The Balaban J connectivity index is 1.04. The van der Waals surface area contributed by atoms with Crippen molar-refractivity contribution < 1.29 is 9.47 Å². The SMILES string of the molecule is CCCc1cccc(-c2ccc3c(c2)OC(c2ccc(C4Nc5ccc(-c6ccccc6)cc5O4)cc2)N3)c1. The Morgan fingerprint density at radius 3 is 1.67 bits per heavy atom. The second kappa shape index (κ2) is 9.88. The first-order valence-corrected chi connectivity index (χ1v) is 13.6. The van der Waals surface area contributed by atoms with Gasteiger partial charge in [0.25, 0.3) is 0 Å². The number of aryl methyl sites for hydroxylation is 1. The molecule has 0 saturated carbocycles. The van der Waals surface area contributed by atoms with Crippen molar-refractivity contribution in [3.8, 4) is 33.8 Å². The lowest BCUT2D eigenvalue weighted by Crippen LogP contribution is -2.12. The summed E-state index contributed by atoms with van der Waals surface area (Å²) in [6.45, 7) is 2.21. The molecule has 0 fully saturated rings. The second-order valence-corrected chi connectivity index (χ2v) is 10.2. The average molecular weight is 511 g/mol. The Morgan fingerprint density at radius 2 is 1.08 bits per heavy atom. The molecule has 2 N–H and O–H groups in total. The molecule has 2 unspecified atom stereocenters. The zero-order valence-corrected chi connectivity index (χ0v) is 21.9. The highest BCUT2D eigenvalue weighted by atomic mass is 16.5. The van der Waals surface area contributed by atoms with Crippen LogP contribution in [0.15, 0.2) is 115 Å². The van der Waals surface area contributed by atoms with Gasteiger partial charge in [0, 0.05) is 11.1 Å². The monoisotopic (exact) mass is 510 g/mol. The minimum atomic E-state index is -0.223. The molecule has 0 radical (unpaired) electrons. The van der Waals surface area contributed by atoms with E-state index in [-0.39, 0.29) is 12.5 Å². The predicted octanol–water partition coefficient (Wildman–Crippen LogP) is 8.98. The van der Waals surface area contributed by atoms with Crippen molar-refractivity contribution in [3.05, 3.63) is 132 Å². The van der Waals surface area contributed by atoms with Gasteiger partial charge < -0.3 is 20.1 Å². The summed E-state index contributed by atoms with van der Waals surface area (Å²) in [5.74, 6) is 1.76. The van der Waals surface area contributed by atoms with Crippen LogP contribution in [0.4, 0.5) is 11.4 Å². The van der Waals surface area contributed by atoms with E-state index in [2.05, 4.69) is 127 Å². The van der Waals surface area contributed by atoms with Crippen LogP contribution in [0.1, 0.15) is 42.5 Å². The molecule has 0 aromatic heterocycles. The maximum atomic E-state index is 6.35. The molecule has 0 spiro atoms. The maximum absolute atomic E-state index is 6.35. The number of hydrogen-bond acceptors (Lipinski definition) is 4. The summed E-state index contributed by atoms with van der Waals surface area (Å²) in [6, 6.07) is 40.3. The first kappa shape index (κ1) is 23.4. The fourth-order valence-corrected chi connectivity index (χ4v) is 5.41. The molecule has 4 heteroatoms. The van der Waals surface area contributed by atoms with Crippen LogP contribution < -0.4 is 20.1 Å². The minimum absolute atomic E-state index is 0.222. The lowest BCUT2D eigenvalue weighted by molar-refractivity contribution is 0.256. The van der Waals surface area contributed by atoms with E-state index >= 15 is 0 Å². The van der Waals surface area contributed by atoms with Crippen LogP contribution in [0.25, 0.3) is 22.3 Å². The van der Waals surface area contributed by atoms with Crippen LogP contribution in [0.3, 0.4) is 0 Å². The predicted molar refractivity (Wildman–Crippen MR) is 158 cm³/mol. The van der Waals surface area contributed by atoms with Crippen molar-refractivity contribution in [3.63, 3.8) is 0 Å². The number of benzene rings is 5. The highest BCUT2D eigenvalue weighted by Crippen LogP contribution is 2.42. The second-order valence-electron chi connectivity index (χ2n) is 10.2. The highest BCUT2D eigenvalue weighted by Gasteiger charge is 2.26. The summed E-state index contributed by atoms with van der Waals surface area (Å²) in [5, 5.41) is 7.01. The summed E-state index contributed by atoms with van der Waals surface area (Å²) in [5.41, 5.74) is 10.3. The molecular weight excluding hydrogens is 480 g/mol. The van der Waals surface area contributed by atoms with Crippen LogP contribution in [-0.4, -0.2) is 0 Å². The lowest BCUT2D eigenvalue weighted by atomic mass is 10.0. The summed E-state index contributed by atoms with van der Waals surface area (Å²) in [7, 11) is 0. The topological polar surface area (TPSA) is 42.5 Å². The molecule has 2 aliphatic rings. The molecule has 5 aromatic rings. The van der Waals surface area contributed by atoms with Crippen LogP contribution in [0, 0.1) is 0 Å². The highest BCUT2D eigenvalue weighted by molar-refractivity contribution is 5.74. The van der Waals surface area contributed by atoms with Gasteiger partial charge in [0.15, 0.2) is 12.5 Å². The van der Waals surface area contributed by atoms with Gasteiger partial charge in [-0.1, -0.05) is 104 Å². The summed E-state index contributed by atoms with van der Waals surface area (Å²) in [6.07, 6.45) is 1.79. The van der Waals surface area contributed by atoms with Crippen LogP contribution in [0.5, 0.6) is 11.5 Å². The molecule has 0 bridgehead atoms. The van der Waals surface area contributed by atoms with Crippen LogP contribution in [-0.2, 0) is 6.42 Å². The van der Waals surface area contributed by atoms with E-state index in [0.29, 0.717) is 0 Å². The fraction of sp³-hybridized carbons (Fsp3) is 0.143. The first-order valence-electron chi connectivity index (χ1n) is 13.6. The number of fused-ring (bicyclic) bond motifs is 2. The lowest BCUT2D eigenvalue weighted by Gasteiger charge is -2.15. The van der Waals surface area contributed by atoms with Gasteiger partial charge in [0.2, 0.25) is 0 Å². The van der Waals surface area contributed by atoms with Gasteiger partial charge in [-0.3, -0.25) is 0 Å².